The van der Waals surface area contributed by atoms with Crippen molar-refractivity contribution in [2.24, 2.45) is 0 Å². The molecule has 4 heterocycles. The van der Waals surface area contributed by atoms with Crippen molar-refractivity contribution >= 4 is 28.3 Å². The number of hydrogen-bond donors (Lipinski definition) is 1. The first-order chi connectivity index (χ1) is 14.2. The van der Waals surface area contributed by atoms with Crippen LogP contribution in [0.2, 0.25) is 0 Å². The first-order valence-electron chi connectivity index (χ1n) is 9.54. The highest BCUT2D eigenvalue weighted by Gasteiger charge is 2.23. The third kappa shape index (κ3) is 3.49. The molecule has 1 aromatic carbocycles. The summed E-state index contributed by atoms with van der Waals surface area (Å²) in [7, 11) is 0. The molecule has 1 N–H and O–H groups in total. The fraction of sp³-hybridized carbons (Fsp3) is 0.300. The molecule has 0 saturated heterocycles. The molecule has 0 saturated carbocycles. The Kier molecular flexibility index (Phi) is 4.51. The second kappa shape index (κ2) is 7.32. The van der Waals surface area contributed by atoms with Crippen molar-refractivity contribution in [3.63, 3.8) is 0 Å². The van der Waals surface area contributed by atoms with Crippen LogP contribution < -0.4 is 5.32 Å². The zero-order valence-corrected chi connectivity index (χ0v) is 16.7. The van der Waals surface area contributed by atoms with Gasteiger partial charge in [0.15, 0.2) is 5.82 Å². The molecule has 5 rings (SSSR count). The number of thiazole rings is 1. The van der Waals surface area contributed by atoms with E-state index in [-0.39, 0.29) is 11.9 Å². The Bertz CT molecular complexity index is 1200. The van der Waals surface area contributed by atoms with E-state index in [9.17, 15) is 4.79 Å². The average Bonchev–Trinajstić information content (AvgIpc) is 3.30. The van der Waals surface area contributed by atoms with Crippen molar-refractivity contribution in [3.05, 3.63) is 52.4 Å². The van der Waals surface area contributed by atoms with Crippen molar-refractivity contribution < 1.29 is 4.79 Å². The van der Waals surface area contributed by atoms with Gasteiger partial charge in [0.25, 0.3) is 5.91 Å². The van der Waals surface area contributed by atoms with Gasteiger partial charge in [-0.3, -0.25) is 9.78 Å². The Balaban J connectivity index is 1.30. The maximum atomic E-state index is 12.7. The number of nitrogens with zero attached hydrogens (tertiary/aromatic N) is 6. The van der Waals surface area contributed by atoms with E-state index in [1.165, 1.54) is 6.20 Å². The molecule has 0 aliphatic carbocycles. The summed E-state index contributed by atoms with van der Waals surface area (Å²) in [6, 6.07) is 7.58. The summed E-state index contributed by atoms with van der Waals surface area (Å²) in [4.78, 5) is 26.0. The van der Waals surface area contributed by atoms with Crippen LogP contribution in [-0.2, 0) is 13.0 Å². The number of carbonyl (C=O) groups is 1. The predicted octanol–water partition coefficient (Wildman–Crippen LogP) is 2.79. The molecule has 1 amide bonds. The molecule has 9 heteroatoms. The number of para-hydroxylation sites is 2. The number of nitrogens with one attached hydrogen (secondary N) is 1. The standard InChI is InChI=1S/C20H19N7OS/c1-12-22-17(11-29-12)19-26-25-18-7-6-13(8-9-27(18)19)23-20(28)16-10-21-14-4-2-3-5-15(14)24-16/h2-5,10-11,13H,6-9H2,1H3,(H,23,28). The molecule has 3 aromatic heterocycles. The minimum atomic E-state index is -0.193. The Morgan fingerprint density at radius 2 is 2.03 bits per heavy atom. The maximum absolute atomic E-state index is 12.7. The number of amides is 1. The zero-order valence-electron chi connectivity index (χ0n) is 15.9. The molecule has 0 radical (unpaired) electrons. The summed E-state index contributed by atoms with van der Waals surface area (Å²) < 4.78 is 2.12. The van der Waals surface area contributed by atoms with Crippen LogP contribution in [0.1, 0.15) is 34.2 Å². The van der Waals surface area contributed by atoms with Crippen molar-refractivity contribution in [2.45, 2.75) is 38.8 Å². The number of rotatable bonds is 3. The topological polar surface area (TPSA) is 98.5 Å². The van der Waals surface area contributed by atoms with Gasteiger partial charge in [0.05, 0.1) is 22.2 Å². The van der Waals surface area contributed by atoms with E-state index in [4.69, 9.17) is 0 Å². The lowest BCUT2D eigenvalue weighted by Crippen LogP contribution is -2.35. The van der Waals surface area contributed by atoms with Crippen LogP contribution in [0.3, 0.4) is 0 Å². The van der Waals surface area contributed by atoms with Crippen molar-refractivity contribution in [3.8, 4) is 11.5 Å². The lowest BCUT2D eigenvalue weighted by molar-refractivity contribution is 0.0928. The molecular weight excluding hydrogens is 386 g/mol. The molecule has 29 heavy (non-hydrogen) atoms. The molecular formula is C20H19N7OS. The quantitative estimate of drug-likeness (QED) is 0.563. The van der Waals surface area contributed by atoms with Gasteiger partial charge in [-0.25, -0.2) is 9.97 Å². The van der Waals surface area contributed by atoms with Crippen LogP contribution in [-0.4, -0.2) is 41.7 Å². The van der Waals surface area contributed by atoms with Gasteiger partial charge in [-0.2, -0.15) is 0 Å². The number of benzene rings is 1. The number of hydrogen-bond acceptors (Lipinski definition) is 7. The predicted molar refractivity (Wildman–Crippen MR) is 110 cm³/mol. The maximum Gasteiger partial charge on any atom is 0.271 e. The van der Waals surface area contributed by atoms with Gasteiger partial charge in [-0.1, -0.05) is 12.1 Å². The molecule has 4 aromatic rings. The third-order valence-electron chi connectivity index (χ3n) is 5.11. The van der Waals surface area contributed by atoms with Gasteiger partial charge in [0.2, 0.25) is 0 Å². The van der Waals surface area contributed by atoms with Gasteiger partial charge in [0.1, 0.15) is 17.2 Å². The second-order valence-electron chi connectivity index (χ2n) is 7.08. The highest BCUT2D eigenvalue weighted by Crippen LogP contribution is 2.24. The zero-order chi connectivity index (χ0) is 19.8. The minimum Gasteiger partial charge on any atom is -0.348 e. The first kappa shape index (κ1) is 17.9. The van der Waals surface area contributed by atoms with Crippen molar-refractivity contribution in [1.82, 2.24) is 35.0 Å². The number of aromatic nitrogens is 6. The Morgan fingerprint density at radius 3 is 2.86 bits per heavy atom. The van der Waals surface area contributed by atoms with E-state index in [0.29, 0.717) is 5.69 Å². The van der Waals surface area contributed by atoms with E-state index in [2.05, 4.69) is 35.0 Å². The summed E-state index contributed by atoms with van der Waals surface area (Å²) in [5.41, 5.74) is 2.70. The molecule has 1 aliphatic rings. The number of aryl methyl sites for hydroxylation is 2. The fourth-order valence-electron chi connectivity index (χ4n) is 3.61. The normalized spacial score (nSPS) is 16.4. The number of fused-ring (bicyclic) bond motifs is 2. The fourth-order valence-corrected chi connectivity index (χ4v) is 4.21. The summed E-state index contributed by atoms with van der Waals surface area (Å²) >= 11 is 1.60. The van der Waals surface area contributed by atoms with Crippen LogP contribution in [0.15, 0.2) is 35.8 Å². The highest BCUT2D eigenvalue weighted by molar-refractivity contribution is 7.09. The van der Waals surface area contributed by atoms with Crippen LogP contribution in [0, 0.1) is 6.92 Å². The molecule has 1 unspecified atom stereocenters. The lowest BCUT2D eigenvalue weighted by atomic mass is 10.1. The van der Waals surface area contributed by atoms with Crippen LogP contribution in [0.25, 0.3) is 22.6 Å². The summed E-state index contributed by atoms with van der Waals surface area (Å²) in [6.07, 6.45) is 3.89. The number of carbonyl (C=O) groups excluding carboxylic acids is 1. The molecule has 1 aliphatic heterocycles. The van der Waals surface area contributed by atoms with E-state index >= 15 is 0 Å². The Labute approximate surface area is 171 Å². The van der Waals surface area contributed by atoms with Gasteiger partial charge in [-0.15, -0.1) is 21.5 Å². The summed E-state index contributed by atoms with van der Waals surface area (Å²) in [6.45, 7) is 2.72. The lowest BCUT2D eigenvalue weighted by Gasteiger charge is -2.16. The Morgan fingerprint density at radius 1 is 1.17 bits per heavy atom. The van der Waals surface area contributed by atoms with Crippen LogP contribution in [0.4, 0.5) is 0 Å². The first-order valence-corrected chi connectivity index (χ1v) is 10.4. The SMILES string of the molecule is Cc1nc(-c2nnc3n2CCC(NC(=O)c2cnc4ccccc4n2)CC3)cs1. The monoisotopic (exact) mass is 405 g/mol. The Hall–Kier alpha value is -3.20. The van der Waals surface area contributed by atoms with Gasteiger partial charge in [-0.05, 0) is 31.9 Å². The minimum absolute atomic E-state index is 0.0440. The van der Waals surface area contributed by atoms with Gasteiger partial charge >= 0.3 is 0 Å². The molecule has 8 nitrogen and oxygen atoms in total. The third-order valence-corrected chi connectivity index (χ3v) is 5.88. The molecule has 0 spiro atoms. The smallest absolute Gasteiger partial charge is 0.271 e. The molecule has 1 atom stereocenters. The highest BCUT2D eigenvalue weighted by atomic mass is 32.1. The van der Waals surface area contributed by atoms with Crippen molar-refractivity contribution in [2.75, 3.05) is 0 Å². The molecule has 0 bridgehead atoms. The van der Waals surface area contributed by atoms with Crippen LogP contribution >= 0.6 is 11.3 Å². The van der Waals surface area contributed by atoms with Crippen molar-refractivity contribution in [1.29, 1.82) is 0 Å². The van der Waals surface area contributed by atoms with E-state index in [1.807, 2.05) is 36.6 Å². The summed E-state index contributed by atoms with van der Waals surface area (Å²) in [5, 5.41) is 14.8. The van der Waals surface area contributed by atoms with Crippen LogP contribution in [0.5, 0.6) is 0 Å². The van der Waals surface area contributed by atoms with E-state index in [1.54, 1.807) is 11.3 Å². The summed E-state index contributed by atoms with van der Waals surface area (Å²) in [5.74, 6) is 1.55. The largest absolute Gasteiger partial charge is 0.348 e. The second-order valence-corrected chi connectivity index (χ2v) is 8.15. The van der Waals surface area contributed by atoms with E-state index in [0.717, 1.165) is 59.2 Å². The van der Waals surface area contributed by atoms with E-state index < -0.39 is 0 Å². The van der Waals surface area contributed by atoms with Gasteiger partial charge in [0, 0.05) is 24.4 Å². The van der Waals surface area contributed by atoms with Gasteiger partial charge < -0.3 is 9.88 Å². The molecule has 146 valence electrons. The molecule has 0 fully saturated rings. The average molecular weight is 405 g/mol.